The van der Waals surface area contributed by atoms with Crippen molar-refractivity contribution in [3.05, 3.63) is 89.0 Å². The van der Waals surface area contributed by atoms with Crippen LogP contribution in [0.3, 0.4) is 0 Å². The molecule has 2 aromatic heterocycles. The third-order valence-electron chi connectivity index (χ3n) is 3.79. The zero-order valence-electron chi connectivity index (χ0n) is 14.7. The number of pyridine rings is 1. The first-order valence-corrected chi connectivity index (χ1v) is 9.79. The number of rotatable bonds is 7. The maximum absolute atomic E-state index is 6.19. The van der Waals surface area contributed by atoms with Crippen LogP contribution in [0.25, 0.3) is 0 Å². The molecular formula is C21H16ClN3O2S. The number of anilines is 2. The van der Waals surface area contributed by atoms with Gasteiger partial charge < -0.3 is 14.8 Å². The molecule has 4 rings (SSSR count). The molecule has 0 spiro atoms. The predicted octanol–water partition coefficient (Wildman–Crippen LogP) is 6.31. The second kappa shape index (κ2) is 8.73. The monoisotopic (exact) mass is 409 g/mol. The van der Waals surface area contributed by atoms with Crippen molar-refractivity contribution < 1.29 is 9.47 Å². The molecule has 28 heavy (non-hydrogen) atoms. The first kappa shape index (κ1) is 18.3. The van der Waals surface area contributed by atoms with Crippen LogP contribution in [0.4, 0.5) is 10.9 Å². The molecule has 5 nitrogen and oxygen atoms in total. The third-order valence-corrected chi connectivity index (χ3v) is 4.79. The quantitative estimate of drug-likeness (QED) is 0.387. The van der Waals surface area contributed by atoms with Crippen LogP contribution in [0.15, 0.2) is 78.4 Å². The average Bonchev–Trinajstić information content (AvgIpc) is 3.24. The van der Waals surface area contributed by atoms with Crippen LogP contribution in [0.1, 0.15) is 5.56 Å². The Bertz CT molecular complexity index is 1040. The van der Waals surface area contributed by atoms with E-state index in [4.69, 9.17) is 21.1 Å². The summed E-state index contributed by atoms with van der Waals surface area (Å²) in [5.74, 6) is 2.21. The lowest BCUT2D eigenvalue weighted by atomic mass is 10.2. The number of nitrogens with zero attached hydrogens (tertiary/aromatic N) is 2. The van der Waals surface area contributed by atoms with E-state index in [1.165, 1.54) is 11.3 Å². The van der Waals surface area contributed by atoms with Gasteiger partial charge in [-0.3, -0.25) is 0 Å². The van der Waals surface area contributed by atoms with Crippen molar-refractivity contribution in [1.82, 2.24) is 9.97 Å². The molecule has 7 heteroatoms. The Morgan fingerprint density at radius 2 is 1.79 bits per heavy atom. The number of nitrogens with one attached hydrogen (secondary N) is 1. The molecule has 2 heterocycles. The van der Waals surface area contributed by atoms with Crippen LogP contribution in [0, 0.1) is 0 Å². The number of ether oxygens (including phenoxy) is 2. The third kappa shape index (κ3) is 4.60. The van der Waals surface area contributed by atoms with Gasteiger partial charge in [0, 0.05) is 17.6 Å². The highest BCUT2D eigenvalue weighted by Crippen LogP contribution is 2.34. The molecule has 140 valence electrons. The number of benzene rings is 2. The van der Waals surface area contributed by atoms with Gasteiger partial charge >= 0.3 is 0 Å². The Hall–Kier alpha value is -3.09. The standard InChI is InChI=1S/C21H16ClN3O2S/c22-17-8-4-5-9-18(17)27-16-12-19(26-14-15-6-2-1-3-7-15)20(24-13-16)25-21-23-10-11-28-21/h1-13H,14H2,(H,23,24,25). The first-order chi connectivity index (χ1) is 13.8. The topological polar surface area (TPSA) is 56.3 Å². The number of thiazole rings is 1. The Labute approximate surface area is 171 Å². The van der Waals surface area contributed by atoms with Gasteiger partial charge in [0.15, 0.2) is 16.7 Å². The minimum atomic E-state index is 0.407. The summed E-state index contributed by atoms with van der Waals surface area (Å²) in [6.07, 6.45) is 3.35. The van der Waals surface area contributed by atoms with Crippen LogP contribution in [-0.4, -0.2) is 9.97 Å². The summed E-state index contributed by atoms with van der Waals surface area (Å²) in [4.78, 5) is 8.69. The van der Waals surface area contributed by atoms with E-state index < -0.39 is 0 Å². The fourth-order valence-corrected chi connectivity index (χ4v) is 3.16. The smallest absolute Gasteiger partial charge is 0.188 e. The highest BCUT2D eigenvalue weighted by atomic mass is 35.5. The molecule has 0 saturated heterocycles. The van der Waals surface area contributed by atoms with Crippen LogP contribution in [0.5, 0.6) is 17.2 Å². The van der Waals surface area contributed by atoms with Crippen molar-refractivity contribution in [1.29, 1.82) is 0 Å². The predicted molar refractivity (Wildman–Crippen MR) is 112 cm³/mol. The van der Waals surface area contributed by atoms with Crippen molar-refractivity contribution in [3.63, 3.8) is 0 Å². The first-order valence-electron chi connectivity index (χ1n) is 8.53. The van der Waals surface area contributed by atoms with E-state index in [-0.39, 0.29) is 0 Å². The summed E-state index contributed by atoms with van der Waals surface area (Å²) in [5, 5.41) is 6.33. The van der Waals surface area contributed by atoms with E-state index >= 15 is 0 Å². The maximum atomic E-state index is 6.19. The van der Waals surface area contributed by atoms with Gasteiger partial charge in [0.1, 0.15) is 18.1 Å². The van der Waals surface area contributed by atoms with Crippen LogP contribution >= 0.6 is 22.9 Å². The molecule has 0 atom stereocenters. The fraction of sp³-hybridized carbons (Fsp3) is 0.0476. The van der Waals surface area contributed by atoms with Gasteiger partial charge in [-0.25, -0.2) is 9.97 Å². The number of hydrogen-bond acceptors (Lipinski definition) is 6. The van der Waals surface area contributed by atoms with Gasteiger partial charge in [-0.2, -0.15) is 0 Å². The number of halogens is 1. The van der Waals surface area contributed by atoms with Gasteiger partial charge in [-0.05, 0) is 17.7 Å². The summed E-state index contributed by atoms with van der Waals surface area (Å²) < 4.78 is 11.9. The lowest BCUT2D eigenvalue weighted by Gasteiger charge is -2.14. The second-order valence-electron chi connectivity index (χ2n) is 5.79. The van der Waals surface area contributed by atoms with E-state index in [2.05, 4.69) is 15.3 Å². The molecule has 0 amide bonds. The van der Waals surface area contributed by atoms with E-state index in [9.17, 15) is 0 Å². The fourth-order valence-electron chi connectivity index (χ4n) is 2.46. The molecular weight excluding hydrogens is 394 g/mol. The summed E-state index contributed by atoms with van der Waals surface area (Å²) in [7, 11) is 0. The summed E-state index contributed by atoms with van der Waals surface area (Å²) in [6, 6.07) is 19.0. The molecule has 0 radical (unpaired) electrons. The summed E-state index contributed by atoms with van der Waals surface area (Å²) in [5.41, 5.74) is 1.06. The normalized spacial score (nSPS) is 10.5. The van der Waals surface area contributed by atoms with Crippen LogP contribution < -0.4 is 14.8 Å². The minimum Gasteiger partial charge on any atom is -0.485 e. The lowest BCUT2D eigenvalue weighted by Crippen LogP contribution is -2.01. The zero-order chi connectivity index (χ0) is 19.2. The van der Waals surface area contributed by atoms with Gasteiger partial charge in [-0.15, -0.1) is 11.3 Å². The zero-order valence-corrected chi connectivity index (χ0v) is 16.3. The Balaban J connectivity index is 1.59. The Morgan fingerprint density at radius 1 is 0.964 bits per heavy atom. The van der Waals surface area contributed by atoms with E-state index in [0.29, 0.717) is 34.7 Å². The molecule has 0 saturated carbocycles. The van der Waals surface area contributed by atoms with Crippen molar-refractivity contribution >= 4 is 33.9 Å². The van der Waals surface area contributed by atoms with E-state index in [1.807, 2.05) is 47.8 Å². The van der Waals surface area contributed by atoms with E-state index in [1.54, 1.807) is 30.6 Å². The molecule has 0 aliphatic heterocycles. The molecule has 0 bridgehead atoms. The molecule has 0 fully saturated rings. The van der Waals surface area contributed by atoms with Crippen molar-refractivity contribution in [2.24, 2.45) is 0 Å². The van der Waals surface area contributed by atoms with Gasteiger partial charge in [0.05, 0.1) is 11.2 Å². The molecule has 0 unspecified atom stereocenters. The second-order valence-corrected chi connectivity index (χ2v) is 7.09. The molecule has 2 aromatic carbocycles. The largest absolute Gasteiger partial charge is 0.485 e. The van der Waals surface area contributed by atoms with Gasteiger partial charge in [-0.1, -0.05) is 54.1 Å². The van der Waals surface area contributed by atoms with Gasteiger partial charge in [0.25, 0.3) is 0 Å². The minimum absolute atomic E-state index is 0.407. The number of para-hydroxylation sites is 1. The van der Waals surface area contributed by atoms with Crippen molar-refractivity contribution in [2.75, 3.05) is 5.32 Å². The number of aromatic nitrogens is 2. The average molecular weight is 410 g/mol. The molecule has 0 aliphatic carbocycles. The lowest BCUT2D eigenvalue weighted by molar-refractivity contribution is 0.305. The summed E-state index contributed by atoms with van der Waals surface area (Å²) >= 11 is 7.67. The molecule has 1 N–H and O–H groups in total. The Morgan fingerprint density at radius 3 is 2.57 bits per heavy atom. The Kier molecular flexibility index (Phi) is 5.70. The number of hydrogen-bond donors (Lipinski definition) is 1. The molecule has 0 aliphatic rings. The highest BCUT2D eigenvalue weighted by Gasteiger charge is 2.12. The van der Waals surface area contributed by atoms with Crippen molar-refractivity contribution in [2.45, 2.75) is 6.61 Å². The van der Waals surface area contributed by atoms with Crippen LogP contribution in [0.2, 0.25) is 5.02 Å². The SMILES string of the molecule is Clc1ccccc1Oc1cnc(Nc2nccs2)c(OCc2ccccc2)c1. The van der Waals surface area contributed by atoms with E-state index in [0.717, 1.165) is 10.7 Å². The summed E-state index contributed by atoms with van der Waals surface area (Å²) in [6.45, 7) is 0.407. The highest BCUT2D eigenvalue weighted by molar-refractivity contribution is 7.13. The van der Waals surface area contributed by atoms with Gasteiger partial charge in [0.2, 0.25) is 0 Å². The van der Waals surface area contributed by atoms with Crippen molar-refractivity contribution in [3.8, 4) is 17.2 Å². The van der Waals surface area contributed by atoms with Crippen LogP contribution in [-0.2, 0) is 6.61 Å². The molecule has 4 aromatic rings. The maximum Gasteiger partial charge on any atom is 0.188 e.